The summed E-state index contributed by atoms with van der Waals surface area (Å²) in [5.74, 6) is -0.892. The minimum Gasteiger partial charge on any atom is -0.449 e. The van der Waals surface area contributed by atoms with Gasteiger partial charge in [0.2, 0.25) is 0 Å². The lowest BCUT2D eigenvalue weighted by molar-refractivity contribution is -0.129. The van der Waals surface area contributed by atoms with E-state index in [1.54, 1.807) is 20.9 Å². The van der Waals surface area contributed by atoms with E-state index in [4.69, 9.17) is 4.74 Å². The van der Waals surface area contributed by atoms with Crippen LogP contribution in [0.3, 0.4) is 0 Å². The van der Waals surface area contributed by atoms with E-state index < -0.39 is 12.1 Å². The van der Waals surface area contributed by atoms with Gasteiger partial charge in [0.25, 0.3) is 5.91 Å². The second-order valence-electron chi connectivity index (χ2n) is 4.97. The summed E-state index contributed by atoms with van der Waals surface area (Å²) in [6.45, 7) is 3.67. The zero-order valence-corrected chi connectivity index (χ0v) is 14.1. The lowest BCUT2D eigenvalue weighted by Crippen LogP contribution is -2.35. The molecule has 23 heavy (non-hydrogen) atoms. The van der Waals surface area contributed by atoms with Crippen LogP contribution in [0.5, 0.6) is 0 Å². The molecule has 2 aromatic rings. The first-order valence-corrected chi connectivity index (χ1v) is 7.97. The minimum absolute atomic E-state index is 0.339. The van der Waals surface area contributed by atoms with E-state index in [-0.39, 0.29) is 5.91 Å². The van der Waals surface area contributed by atoms with Crippen LogP contribution < -0.4 is 10.6 Å². The topological polar surface area (TPSA) is 80.3 Å². The molecule has 0 spiro atoms. The average Bonchev–Trinajstić information content (AvgIpc) is 2.94. The Morgan fingerprint density at radius 2 is 2.00 bits per heavy atom. The number of hydrogen-bond donors (Lipinski definition) is 2. The zero-order chi connectivity index (χ0) is 16.8. The highest BCUT2D eigenvalue weighted by molar-refractivity contribution is 7.10. The Balaban J connectivity index is 1.92. The number of carbonyl (C=O) groups excluding carboxylic acids is 2. The van der Waals surface area contributed by atoms with Crippen molar-refractivity contribution in [3.8, 4) is 0 Å². The Hall–Kier alpha value is -2.41. The predicted molar refractivity (Wildman–Crippen MR) is 89.6 cm³/mol. The van der Waals surface area contributed by atoms with E-state index in [1.807, 2.05) is 30.3 Å². The van der Waals surface area contributed by atoms with Crippen molar-refractivity contribution in [2.75, 3.05) is 12.4 Å². The highest BCUT2D eigenvalue weighted by atomic mass is 32.1. The molecule has 0 radical (unpaired) electrons. The first-order valence-electron chi connectivity index (χ1n) is 7.19. The third kappa shape index (κ3) is 4.29. The zero-order valence-electron chi connectivity index (χ0n) is 13.3. The number of carbonyl (C=O) groups is 2. The molecule has 122 valence electrons. The van der Waals surface area contributed by atoms with Crippen LogP contribution in [0.1, 0.15) is 28.5 Å². The minimum atomic E-state index is -0.879. The van der Waals surface area contributed by atoms with Gasteiger partial charge in [0.15, 0.2) is 6.10 Å². The molecule has 0 saturated carbocycles. The van der Waals surface area contributed by atoms with Gasteiger partial charge in [-0.1, -0.05) is 30.3 Å². The Morgan fingerprint density at radius 1 is 1.30 bits per heavy atom. The number of esters is 1. The molecule has 0 bridgehead atoms. The molecule has 0 fully saturated rings. The van der Waals surface area contributed by atoms with Gasteiger partial charge in [0.05, 0.1) is 5.69 Å². The molecule has 1 heterocycles. The van der Waals surface area contributed by atoms with Crippen LogP contribution in [0.4, 0.5) is 5.00 Å². The summed E-state index contributed by atoms with van der Waals surface area (Å²) in [5, 5.41) is 6.28. The summed E-state index contributed by atoms with van der Waals surface area (Å²) in [5.41, 5.74) is 1.94. The molecule has 0 aliphatic carbocycles. The highest BCUT2D eigenvalue weighted by Crippen LogP contribution is 2.24. The molecule has 1 amide bonds. The number of amides is 1. The van der Waals surface area contributed by atoms with E-state index in [0.29, 0.717) is 22.8 Å². The molecule has 2 N–H and O–H groups in total. The fraction of sp³-hybridized carbons (Fsp3) is 0.312. The fourth-order valence-corrected chi connectivity index (χ4v) is 2.72. The van der Waals surface area contributed by atoms with Crippen molar-refractivity contribution in [1.82, 2.24) is 9.69 Å². The molecule has 0 aliphatic heterocycles. The third-order valence-electron chi connectivity index (χ3n) is 3.26. The van der Waals surface area contributed by atoms with Crippen molar-refractivity contribution in [2.24, 2.45) is 0 Å². The van der Waals surface area contributed by atoms with Crippen LogP contribution in [0, 0.1) is 6.92 Å². The summed E-state index contributed by atoms with van der Waals surface area (Å²) in [6, 6.07) is 9.53. The molecule has 2 rings (SSSR count). The second-order valence-corrected chi connectivity index (χ2v) is 5.75. The molecule has 0 aliphatic rings. The largest absolute Gasteiger partial charge is 0.449 e. The van der Waals surface area contributed by atoms with Gasteiger partial charge in [-0.15, -0.1) is 0 Å². The number of anilines is 1. The van der Waals surface area contributed by atoms with Crippen molar-refractivity contribution in [2.45, 2.75) is 26.5 Å². The lowest BCUT2D eigenvalue weighted by atomic mass is 10.2. The SMILES string of the molecule is CNc1snc(C)c1C(=O)OC(C)C(=O)NCc1ccccc1. The molecule has 1 aromatic heterocycles. The summed E-state index contributed by atoms with van der Waals surface area (Å²) in [6.07, 6.45) is -0.879. The van der Waals surface area contributed by atoms with Gasteiger partial charge in [-0.05, 0) is 30.9 Å². The monoisotopic (exact) mass is 333 g/mol. The number of nitrogens with zero attached hydrogens (tertiary/aromatic N) is 1. The van der Waals surface area contributed by atoms with Gasteiger partial charge in [0.1, 0.15) is 10.6 Å². The Labute approximate surface area is 139 Å². The maximum absolute atomic E-state index is 12.2. The molecule has 6 nitrogen and oxygen atoms in total. The van der Waals surface area contributed by atoms with E-state index in [1.165, 1.54) is 11.5 Å². The van der Waals surface area contributed by atoms with Crippen LogP contribution in [-0.4, -0.2) is 29.4 Å². The van der Waals surface area contributed by atoms with Crippen molar-refractivity contribution in [3.63, 3.8) is 0 Å². The maximum atomic E-state index is 12.2. The number of benzene rings is 1. The van der Waals surface area contributed by atoms with Crippen LogP contribution >= 0.6 is 11.5 Å². The molecule has 7 heteroatoms. The third-order valence-corrected chi connectivity index (χ3v) is 4.21. The molecular formula is C16H19N3O3S. The first-order chi connectivity index (χ1) is 11.0. The van der Waals surface area contributed by atoms with Gasteiger partial charge in [0, 0.05) is 13.6 Å². The van der Waals surface area contributed by atoms with Crippen molar-refractivity contribution < 1.29 is 14.3 Å². The van der Waals surface area contributed by atoms with Crippen molar-refractivity contribution in [1.29, 1.82) is 0 Å². The number of nitrogens with one attached hydrogen (secondary N) is 2. The highest BCUT2D eigenvalue weighted by Gasteiger charge is 2.24. The Kier molecular flexibility index (Phi) is 5.70. The van der Waals surface area contributed by atoms with Crippen LogP contribution in [-0.2, 0) is 16.1 Å². The van der Waals surface area contributed by atoms with Gasteiger partial charge < -0.3 is 15.4 Å². The van der Waals surface area contributed by atoms with Crippen LogP contribution in [0.15, 0.2) is 30.3 Å². The van der Waals surface area contributed by atoms with Gasteiger partial charge >= 0.3 is 5.97 Å². The maximum Gasteiger partial charge on any atom is 0.343 e. The lowest BCUT2D eigenvalue weighted by Gasteiger charge is -2.14. The van der Waals surface area contributed by atoms with E-state index >= 15 is 0 Å². The van der Waals surface area contributed by atoms with Crippen LogP contribution in [0.2, 0.25) is 0 Å². The standard InChI is InChI=1S/C16H19N3O3S/c1-10-13(15(17-3)23-19-10)16(21)22-11(2)14(20)18-9-12-7-5-4-6-8-12/h4-8,11,17H,9H2,1-3H3,(H,18,20). The smallest absolute Gasteiger partial charge is 0.343 e. The number of aryl methyl sites for hydroxylation is 1. The predicted octanol–water partition coefficient (Wildman–Crippen LogP) is 2.35. The summed E-state index contributed by atoms with van der Waals surface area (Å²) in [4.78, 5) is 24.3. The normalized spacial score (nSPS) is 11.6. The quantitative estimate of drug-likeness (QED) is 0.793. The summed E-state index contributed by atoms with van der Waals surface area (Å²) < 4.78 is 9.36. The van der Waals surface area contributed by atoms with E-state index in [2.05, 4.69) is 15.0 Å². The number of rotatable bonds is 6. The molecular weight excluding hydrogens is 314 g/mol. The first kappa shape index (κ1) is 17.0. The molecule has 0 saturated heterocycles. The van der Waals surface area contributed by atoms with Gasteiger partial charge in [-0.25, -0.2) is 4.79 Å². The second kappa shape index (κ2) is 7.73. The van der Waals surface area contributed by atoms with Crippen molar-refractivity contribution >= 4 is 28.4 Å². The molecule has 1 atom stereocenters. The molecule has 1 unspecified atom stereocenters. The Morgan fingerprint density at radius 3 is 2.65 bits per heavy atom. The number of ether oxygens (including phenoxy) is 1. The van der Waals surface area contributed by atoms with E-state index in [9.17, 15) is 9.59 Å². The fourth-order valence-electron chi connectivity index (χ4n) is 1.98. The van der Waals surface area contributed by atoms with Crippen LogP contribution in [0.25, 0.3) is 0 Å². The summed E-state index contributed by atoms with van der Waals surface area (Å²) in [7, 11) is 1.71. The number of aromatic nitrogens is 1. The average molecular weight is 333 g/mol. The van der Waals surface area contributed by atoms with Gasteiger partial charge in [-0.2, -0.15) is 4.37 Å². The van der Waals surface area contributed by atoms with Crippen molar-refractivity contribution in [3.05, 3.63) is 47.2 Å². The van der Waals surface area contributed by atoms with E-state index in [0.717, 1.165) is 5.56 Å². The van der Waals surface area contributed by atoms with Gasteiger partial charge in [-0.3, -0.25) is 4.79 Å². The number of hydrogen-bond acceptors (Lipinski definition) is 6. The molecule has 1 aromatic carbocycles. The Bertz CT molecular complexity index is 685. The summed E-state index contributed by atoms with van der Waals surface area (Å²) >= 11 is 1.19.